The van der Waals surface area contributed by atoms with Gasteiger partial charge in [0, 0.05) is 30.4 Å². The Morgan fingerprint density at radius 1 is 0.929 bits per heavy atom. The smallest absolute Gasteiger partial charge is 0.254 e. The molecule has 1 fully saturated rings. The van der Waals surface area contributed by atoms with Gasteiger partial charge in [-0.25, -0.2) is 0 Å². The van der Waals surface area contributed by atoms with Gasteiger partial charge in [0.15, 0.2) is 11.5 Å². The third-order valence-electron chi connectivity index (χ3n) is 4.93. The number of amides is 2. The van der Waals surface area contributed by atoms with Crippen molar-refractivity contribution in [3.8, 4) is 17.2 Å². The van der Waals surface area contributed by atoms with Crippen LogP contribution < -0.4 is 19.1 Å². The second kappa shape index (κ2) is 8.21. The number of nitrogens with zero attached hydrogens (tertiary/aromatic N) is 2. The molecule has 0 bridgehead atoms. The van der Waals surface area contributed by atoms with E-state index in [1.54, 1.807) is 74.5 Å². The molecule has 7 heteroatoms. The summed E-state index contributed by atoms with van der Waals surface area (Å²) in [5.74, 6) is 1.52. The van der Waals surface area contributed by atoms with Crippen molar-refractivity contribution in [1.82, 2.24) is 4.90 Å². The predicted molar refractivity (Wildman–Crippen MR) is 105 cm³/mol. The molecule has 3 rings (SSSR count). The molecular weight excluding hydrogens is 360 g/mol. The van der Waals surface area contributed by atoms with Crippen LogP contribution in [0.2, 0.25) is 0 Å². The Hall–Kier alpha value is -3.22. The third-order valence-corrected chi connectivity index (χ3v) is 4.93. The third kappa shape index (κ3) is 3.60. The van der Waals surface area contributed by atoms with E-state index in [4.69, 9.17) is 14.2 Å². The highest BCUT2D eigenvalue weighted by atomic mass is 16.5. The first-order chi connectivity index (χ1) is 13.5. The number of piperazine rings is 1. The average molecular weight is 384 g/mol. The predicted octanol–water partition coefficient (Wildman–Crippen LogP) is 2.59. The Morgan fingerprint density at radius 3 is 2.21 bits per heavy atom. The highest BCUT2D eigenvalue weighted by Crippen LogP contribution is 2.32. The lowest BCUT2D eigenvalue weighted by Gasteiger charge is -2.39. The lowest BCUT2D eigenvalue weighted by atomic mass is 10.1. The van der Waals surface area contributed by atoms with Crippen LogP contribution >= 0.6 is 0 Å². The molecule has 1 aliphatic heterocycles. The number of carbonyl (C=O) groups excluding carboxylic acids is 2. The van der Waals surface area contributed by atoms with E-state index in [9.17, 15) is 9.59 Å². The fourth-order valence-corrected chi connectivity index (χ4v) is 3.30. The van der Waals surface area contributed by atoms with Crippen LogP contribution in [0.25, 0.3) is 0 Å². The molecule has 28 heavy (non-hydrogen) atoms. The quantitative estimate of drug-likeness (QED) is 0.793. The Kier molecular flexibility index (Phi) is 5.73. The highest BCUT2D eigenvalue weighted by molar-refractivity contribution is 6.03. The summed E-state index contributed by atoms with van der Waals surface area (Å²) in [5, 5.41) is 0. The van der Waals surface area contributed by atoms with Crippen molar-refractivity contribution in [2.24, 2.45) is 0 Å². The van der Waals surface area contributed by atoms with E-state index in [1.165, 1.54) is 0 Å². The van der Waals surface area contributed by atoms with Crippen LogP contribution in [0.5, 0.6) is 17.2 Å². The zero-order chi connectivity index (χ0) is 20.3. The maximum Gasteiger partial charge on any atom is 0.254 e. The molecule has 1 saturated heterocycles. The first kappa shape index (κ1) is 19.5. The van der Waals surface area contributed by atoms with Crippen LogP contribution in [-0.4, -0.2) is 57.2 Å². The van der Waals surface area contributed by atoms with Crippen LogP contribution in [0.15, 0.2) is 42.5 Å². The summed E-state index contributed by atoms with van der Waals surface area (Å²) in [6.45, 7) is 2.59. The first-order valence-electron chi connectivity index (χ1n) is 8.98. The maximum absolute atomic E-state index is 13.0. The molecule has 148 valence electrons. The van der Waals surface area contributed by atoms with Gasteiger partial charge >= 0.3 is 0 Å². The number of rotatable bonds is 5. The van der Waals surface area contributed by atoms with Gasteiger partial charge in [0.1, 0.15) is 11.8 Å². The lowest BCUT2D eigenvalue weighted by molar-refractivity contribution is -0.124. The van der Waals surface area contributed by atoms with Gasteiger partial charge in [-0.2, -0.15) is 0 Å². The van der Waals surface area contributed by atoms with Gasteiger partial charge in [0.2, 0.25) is 5.91 Å². The van der Waals surface area contributed by atoms with E-state index >= 15 is 0 Å². The second-order valence-electron chi connectivity index (χ2n) is 6.43. The minimum atomic E-state index is -0.573. The highest BCUT2D eigenvalue weighted by Gasteiger charge is 2.35. The summed E-state index contributed by atoms with van der Waals surface area (Å²) in [6, 6.07) is 11.7. The zero-order valence-electron chi connectivity index (χ0n) is 16.5. The number of carbonyl (C=O) groups is 2. The molecular formula is C21H24N2O5. The van der Waals surface area contributed by atoms with Crippen molar-refractivity contribution < 1.29 is 23.8 Å². The molecule has 0 aromatic heterocycles. The minimum Gasteiger partial charge on any atom is -0.497 e. The standard InChI is InChI=1S/C21H24N2O5/c1-14-20(24)23(16-7-10-18(27-3)19(13-16)28-4)12-11-22(14)21(25)15-5-8-17(26-2)9-6-15/h5-10,13-14H,11-12H2,1-4H3/t14-/m0/s1. The van der Waals surface area contributed by atoms with Gasteiger partial charge in [0.05, 0.1) is 21.3 Å². The minimum absolute atomic E-state index is 0.139. The average Bonchev–Trinajstić information content (AvgIpc) is 2.74. The maximum atomic E-state index is 13.0. The van der Waals surface area contributed by atoms with E-state index in [0.717, 1.165) is 0 Å². The first-order valence-corrected chi connectivity index (χ1v) is 8.98. The monoisotopic (exact) mass is 384 g/mol. The van der Waals surface area contributed by atoms with Crippen molar-refractivity contribution in [3.05, 3.63) is 48.0 Å². The molecule has 0 saturated carbocycles. The van der Waals surface area contributed by atoms with Gasteiger partial charge in [0.25, 0.3) is 5.91 Å². The van der Waals surface area contributed by atoms with Crippen molar-refractivity contribution in [2.45, 2.75) is 13.0 Å². The molecule has 1 aliphatic rings. The number of hydrogen-bond acceptors (Lipinski definition) is 5. The van der Waals surface area contributed by atoms with Crippen molar-refractivity contribution in [2.75, 3.05) is 39.3 Å². The number of benzene rings is 2. The molecule has 1 heterocycles. The van der Waals surface area contributed by atoms with E-state index < -0.39 is 6.04 Å². The molecule has 2 aromatic rings. The fourth-order valence-electron chi connectivity index (χ4n) is 3.30. The van der Waals surface area contributed by atoms with E-state index in [1.807, 2.05) is 6.07 Å². The van der Waals surface area contributed by atoms with Crippen molar-refractivity contribution in [3.63, 3.8) is 0 Å². The summed E-state index contributed by atoms with van der Waals surface area (Å²) in [4.78, 5) is 29.1. The molecule has 0 unspecified atom stereocenters. The van der Waals surface area contributed by atoms with Gasteiger partial charge in [-0.15, -0.1) is 0 Å². The normalized spacial score (nSPS) is 16.7. The summed E-state index contributed by atoms with van der Waals surface area (Å²) in [7, 11) is 4.69. The zero-order valence-corrected chi connectivity index (χ0v) is 16.5. The fraction of sp³-hybridized carbons (Fsp3) is 0.333. The van der Waals surface area contributed by atoms with E-state index in [2.05, 4.69) is 0 Å². The molecule has 2 amide bonds. The number of ether oxygens (including phenoxy) is 3. The van der Waals surface area contributed by atoms with Crippen LogP contribution in [0.1, 0.15) is 17.3 Å². The van der Waals surface area contributed by atoms with Crippen molar-refractivity contribution in [1.29, 1.82) is 0 Å². The summed E-state index contributed by atoms with van der Waals surface area (Å²) in [5.41, 5.74) is 1.24. The molecule has 0 aliphatic carbocycles. The SMILES string of the molecule is COc1ccc(C(=O)N2CCN(c3ccc(OC)c(OC)c3)C(=O)[C@@H]2C)cc1. The van der Waals surface area contributed by atoms with Crippen molar-refractivity contribution >= 4 is 17.5 Å². The van der Waals surface area contributed by atoms with Crippen LogP contribution in [0.4, 0.5) is 5.69 Å². The summed E-state index contributed by atoms with van der Waals surface area (Å²) < 4.78 is 15.7. The van der Waals surface area contributed by atoms with E-state index in [0.29, 0.717) is 41.6 Å². The van der Waals surface area contributed by atoms with Crippen LogP contribution in [0, 0.1) is 0 Å². The van der Waals surface area contributed by atoms with Gasteiger partial charge in [-0.3, -0.25) is 9.59 Å². The molecule has 0 radical (unpaired) electrons. The lowest BCUT2D eigenvalue weighted by Crippen LogP contribution is -2.57. The second-order valence-corrected chi connectivity index (χ2v) is 6.43. The summed E-state index contributed by atoms with van der Waals surface area (Å²) >= 11 is 0. The molecule has 0 spiro atoms. The van der Waals surface area contributed by atoms with Crippen LogP contribution in [0.3, 0.4) is 0 Å². The van der Waals surface area contributed by atoms with Gasteiger partial charge < -0.3 is 24.0 Å². The molecule has 1 atom stereocenters. The largest absolute Gasteiger partial charge is 0.497 e. The Labute approximate surface area is 164 Å². The van der Waals surface area contributed by atoms with Crippen LogP contribution in [-0.2, 0) is 4.79 Å². The number of methoxy groups -OCH3 is 3. The molecule has 2 aromatic carbocycles. The Morgan fingerprint density at radius 2 is 1.61 bits per heavy atom. The Balaban J connectivity index is 1.78. The summed E-state index contributed by atoms with van der Waals surface area (Å²) in [6.07, 6.45) is 0. The van der Waals surface area contributed by atoms with Gasteiger partial charge in [-0.05, 0) is 43.3 Å². The molecule has 0 N–H and O–H groups in total. The topological polar surface area (TPSA) is 68.3 Å². The van der Waals surface area contributed by atoms with E-state index in [-0.39, 0.29) is 11.8 Å². The number of anilines is 1. The number of hydrogen-bond donors (Lipinski definition) is 0. The van der Waals surface area contributed by atoms with Gasteiger partial charge in [-0.1, -0.05) is 0 Å². The molecule has 7 nitrogen and oxygen atoms in total. The Bertz CT molecular complexity index is 866.